The van der Waals surface area contributed by atoms with E-state index in [-0.39, 0.29) is 11.7 Å². The highest BCUT2D eigenvalue weighted by atomic mass is 79.9. The Bertz CT molecular complexity index is 1040. The fourth-order valence-corrected chi connectivity index (χ4v) is 4.35. The third kappa shape index (κ3) is 7.97. The van der Waals surface area contributed by atoms with Crippen molar-refractivity contribution >= 4 is 51.2 Å². The van der Waals surface area contributed by atoms with Crippen LogP contribution in [0.3, 0.4) is 0 Å². The molecule has 0 bridgehead atoms. The van der Waals surface area contributed by atoms with Crippen molar-refractivity contribution in [1.82, 2.24) is 15.6 Å². The van der Waals surface area contributed by atoms with Crippen LogP contribution in [-0.2, 0) is 4.79 Å². The van der Waals surface area contributed by atoms with Crippen molar-refractivity contribution in [3.05, 3.63) is 63.1 Å². The molecule has 0 aliphatic rings. The van der Waals surface area contributed by atoms with Crippen molar-refractivity contribution in [1.29, 1.82) is 0 Å². The Labute approximate surface area is 197 Å². The third-order valence-corrected chi connectivity index (χ3v) is 6.29. The second-order valence-electron chi connectivity index (χ2n) is 6.36. The molecule has 1 heterocycles. The summed E-state index contributed by atoms with van der Waals surface area (Å²) in [5.41, 5.74) is 4.44. The van der Waals surface area contributed by atoms with Crippen LogP contribution in [0.15, 0.2) is 56.4 Å². The average Bonchev–Trinajstić information content (AvgIpc) is 3.17. The average molecular weight is 521 g/mol. The van der Waals surface area contributed by atoms with Crippen LogP contribution >= 0.6 is 39.0 Å². The molecule has 0 saturated carbocycles. The maximum absolute atomic E-state index is 12.0. The second kappa shape index (κ2) is 11.8. The van der Waals surface area contributed by atoms with Gasteiger partial charge < -0.3 is 9.47 Å². The lowest BCUT2D eigenvalue weighted by molar-refractivity contribution is -0.118. The molecule has 0 aliphatic carbocycles. The number of nitrogens with one attached hydrogen (secondary N) is 1. The maximum atomic E-state index is 12.0. The summed E-state index contributed by atoms with van der Waals surface area (Å²) in [5.74, 6) is 1.44. The zero-order valence-electron chi connectivity index (χ0n) is 17.0. The fraction of sp³-hybridized carbons (Fsp3) is 0.238. The van der Waals surface area contributed by atoms with Gasteiger partial charge in [0, 0.05) is 10.0 Å². The molecule has 162 valence electrons. The van der Waals surface area contributed by atoms with E-state index in [4.69, 9.17) is 9.47 Å². The predicted molar refractivity (Wildman–Crippen MR) is 127 cm³/mol. The van der Waals surface area contributed by atoms with E-state index in [2.05, 4.69) is 36.7 Å². The molecule has 2 aromatic carbocycles. The van der Waals surface area contributed by atoms with Gasteiger partial charge in [-0.15, -0.1) is 10.2 Å². The van der Waals surface area contributed by atoms with E-state index in [1.807, 2.05) is 56.3 Å². The van der Waals surface area contributed by atoms with Crippen LogP contribution in [-0.4, -0.2) is 41.3 Å². The zero-order chi connectivity index (χ0) is 22.1. The van der Waals surface area contributed by atoms with Crippen molar-refractivity contribution in [2.75, 3.05) is 19.0 Å². The number of carbonyl (C=O) groups excluding carboxylic acids is 1. The first kappa shape index (κ1) is 23.2. The Balaban J connectivity index is 1.47. The van der Waals surface area contributed by atoms with Crippen molar-refractivity contribution in [3.8, 4) is 11.5 Å². The summed E-state index contributed by atoms with van der Waals surface area (Å²) >= 11 is 6.22. The molecule has 1 aromatic heterocycles. The van der Waals surface area contributed by atoms with Gasteiger partial charge in [-0.3, -0.25) is 4.79 Å². The van der Waals surface area contributed by atoms with Gasteiger partial charge in [-0.05, 0) is 44.2 Å². The van der Waals surface area contributed by atoms with Gasteiger partial charge in [-0.25, -0.2) is 5.43 Å². The number of ether oxygens (including phenoxy) is 2. The molecule has 3 rings (SSSR count). The van der Waals surface area contributed by atoms with Gasteiger partial charge in [0.1, 0.15) is 29.7 Å². The molecule has 0 spiro atoms. The number of nitrogens with zero attached hydrogens (tertiary/aromatic N) is 3. The Morgan fingerprint density at radius 3 is 2.68 bits per heavy atom. The lowest BCUT2D eigenvalue weighted by Crippen LogP contribution is -2.19. The number of thioether (sulfide) groups is 1. The first-order chi connectivity index (χ1) is 15.0. The van der Waals surface area contributed by atoms with Gasteiger partial charge in [0.25, 0.3) is 5.91 Å². The molecule has 0 radical (unpaired) electrons. The number of benzene rings is 2. The minimum Gasteiger partial charge on any atom is -0.490 e. The molecule has 31 heavy (non-hydrogen) atoms. The summed E-state index contributed by atoms with van der Waals surface area (Å²) in [7, 11) is 0. The number of halogens is 1. The van der Waals surface area contributed by atoms with Crippen LogP contribution in [0.4, 0.5) is 0 Å². The summed E-state index contributed by atoms with van der Waals surface area (Å²) < 4.78 is 13.2. The predicted octanol–water partition coefficient (Wildman–Crippen LogP) is 4.62. The number of hydrogen-bond donors (Lipinski definition) is 1. The summed E-state index contributed by atoms with van der Waals surface area (Å²) in [6, 6.07) is 13.5. The SMILES string of the molecule is Cc1ccc(OCCOc2ccc(Br)cc2/C=N/NC(=O)CSc2nnc(C)s2)cc1. The molecule has 0 fully saturated rings. The number of hydrogen-bond acceptors (Lipinski definition) is 8. The van der Waals surface area contributed by atoms with E-state index < -0.39 is 0 Å². The van der Waals surface area contributed by atoms with Gasteiger partial charge in [-0.2, -0.15) is 5.10 Å². The van der Waals surface area contributed by atoms with E-state index in [0.29, 0.717) is 19.0 Å². The van der Waals surface area contributed by atoms with Crippen LogP contribution < -0.4 is 14.9 Å². The summed E-state index contributed by atoms with van der Waals surface area (Å²) in [4.78, 5) is 12.0. The van der Waals surface area contributed by atoms with E-state index in [0.717, 1.165) is 25.1 Å². The molecule has 1 N–H and O–H groups in total. The molecule has 7 nitrogen and oxygen atoms in total. The summed E-state index contributed by atoms with van der Waals surface area (Å²) in [6.45, 7) is 4.69. The second-order valence-corrected chi connectivity index (χ2v) is 9.68. The zero-order valence-corrected chi connectivity index (χ0v) is 20.2. The number of amides is 1. The minimum absolute atomic E-state index is 0.212. The number of rotatable bonds is 10. The number of hydrazone groups is 1. The molecule has 3 aromatic rings. The van der Waals surface area contributed by atoms with Crippen molar-refractivity contribution in [2.24, 2.45) is 5.10 Å². The first-order valence-electron chi connectivity index (χ1n) is 9.36. The van der Waals surface area contributed by atoms with E-state index in [1.165, 1.54) is 28.7 Å². The van der Waals surface area contributed by atoms with Gasteiger partial charge in [0.15, 0.2) is 4.34 Å². The van der Waals surface area contributed by atoms with Crippen LogP contribution in [0, 0.1) is 13.8 Å². The maximum Gasteiger partial charge on any atom is 0.250 e. The molecule has 0 unspecified atom stereocenters. The number of aryl methyl sites for hydroxylation is 2. The normalized spacial score (nSPS) is 10.9. The van der Waals surface area contributed by atoms with E-state index in [9.17, 15) is 4.79 Å². The smallest absolute Gasteiger partial charge is 0.250 e. The molecule has 0 saturated heterocycles. The topological polar surface area (TPSA) is 85.7 Å². The Kier molecular flexibility index (Phi) is 8.86. The number of aromatic nitrogens is 2. The molecule has 0 atom stereocenters. The largest absolute Gasteiger partial charge is 0.490 e. The monoisotopic (exact) mass is 520 g/mol. The van der Waals surface area contributed by atoms with Crippen LogP contribution in [0.5, 0.6) is 11.5 Å². The minimum atomic E-state index is -0.224. The lowest BCUT2D eigenvalue weighted by atomic mass is 10.2. The van der Waals surface area contributed by atoms with E-state index >= 15 is 0 Å². The molecular formula is C21H21BrN4O3S2. The fourth-order valence-electron chi connectivity index (χ4n) is 2.37. The summed E-state index contributed by atoms with van der Waals surface area (Å²) in [5, 5.41) is 12.8. The molecule has 1 amide bonds. The Hall–Kier alpha value is -2.43. The quantitative estimate of drug-likeness (QED) is 0.181. The highest BCUT2D eigenvalue weighted by molar-refractivity contribution is 9.10. The van der Waals surface area contributed by atoms with Gasteiger partial charge in [-0.1, -0.05) is 56.7 Å². The van der Waals surface area contributed by atoms with Crippen molar-refractivity contribution in [3.63, 3.8) is 0 Å². The highest BCUT2D eigenvalue weighted by Crippen LogP contribution is 2.23. The first-order valence-corrected chi connectivity index (χ1v) is 12.0. The van der Waals surface area contributed by atoms with Gasteiger partial charge in [0.05, 0.1) is 12.0 Å². The van der Waals surface area contributed by atoms with Crippen LogP contribution in [0.2, 0.25) is 0 Å². The lowest BCUT2D eigenvalue weighted by Gasteiger charge is -2.11. The highest BCUT2D eigenvalue weighted by Gasteiger charge is 2.07. The molecule has 10 heteroatoms. The van der Waals surface area contributed by atoms with Crippen LogP contribution in [0.1, 0.15) is 16.1 Å². The van der Waals surface area contributed by atoms with Gasteiger partial charge >= 0.3 is 0 Å². The van der Waals surface area contributed by atoms with Gasteiger partial charge in [0.2, 0.25) is 0 Å². The molecular weight excluding hydrogens is 500 g/mol. The number of carbonyl (C=O) groups is 1. The van der Waals surface area contributed by atoms with Crippen LogP contribution in [0.25, 0.3) is 0 Å². The molecule has 0 aliphatic heterocycles. The van der Waals surface area contributed by atoms with Crippen molar-refractivity contribution < 1.29 is 14.3 Å². The van der Waals surface area contributed by atoms with Crippen molar-refractivity contribution in [2.45, 2.75) is 18.2 Å². The Morgan fingerprint density at radius 2 is 1.94 bits per heavy atom. The Morgan fingerprint density at radius 1 is 1.16 bits per heavy atom. The van der Waals surface area contributed by atoms with E-state index in [1.54, 1.807) is 6.21 Å². The standard InChI is InChI=1S/C21H21BrN4O3S2/c1-14-3-6-18(7-4-14)28-9-10-29-19-8-5-17(22)11-16(19)12-23-25-20(27)13-30-21-26-24-15(2)31-21/h3-8,11-12H,9-10,13H2,1-2H3,(H,25,27)/b23-12+. The summed E-state index contributed by atoms with van der Waals surface area (Å²) in [6.07, 6.45) is 1.55. The third-order valence-electron chi connectivity index (χ3n) is 3.83.